The number of hydrogen-bond donors (Lipinski definition) is 2. The van der Waals surface area contributed by atoms with Crippen LogP contribution in [0.4, 0.5) is 0 Å². The molecule has 0 aliphatic heterocycles. The van der Waals surface area contributed by atoms with E-state index in [9.17, 15) is 4.79 Å². The van der Waals surface area contributed by atoms with Gasteiger partial charge in [0.15, 0.2) is 5.78 Å². The Labute approximate surface area is 178 Å². The van der Waals surface area contributed by atoms with Crippen molar-refractivity contribution in [1.29, 1.82) is 0 Å². The molecule has 3 nitrogen and oxygen atoms in total. The van der Waals surface area contributed by atoms with Crippen molar-refractivity contribution in [1.82, 2.24) is 4.98 Å². The van der Waals surface area contributed by atoms with Crippen LogP contribution in [0.15, 0.2) is 48.6 Å². The summed E-state index contributed by atoms with van der Waals surface area (Å²) in [4.78, 5) is 15.0. The zero-order chi connectivity index (χ0) is 21.0. The average Bonchev–Trinajstić information content (AvgIpc) is 3.22. The Bertz CT molecular complexity index is 610. The average molecular weight is 400 g/mol. The first-order chi connectivity index (χ1) is 14.3. The summed E-state index contributed by atoms with van der Waals surface area (Å²) in [6, 6.07) is 3.54. The van der Waals surface area contributed by atoms with E-state index >= 15 is 0 Å². The molecule has 0 fully saturated rings. The van der Waals surface area contributed by atoms with Gasteiger partial charge in [-0.15, -0.1) is 0 Å². The molecule has 3 heteroatoms. The fourth-order valence-electron chi connectivity index (χ4n) is 3.26. The Morgan fingerprint density at radius 1 is 0.828 bits per heavy atom. The van der Waals surface area contributed by atoms with E-state index in [4.69, 9.17) is 5.11 Å². The van der Waals surface area contributed by atoms with Crippen molar-refractivity contribution in [2.45, 2.75) is 97.0 Å². The van der Waals surface area contributed by atoms with Gasteiger partial charge in [-0.25, -0.2) is 0 Å². The highest BCUT2D eigenvalue weighted by atomic mass is 16.3. The van der Waals surface area contributed by atoms with Crippen LogP contribution in [0.2, 0.25) is 0 Å². The van der Waals surface area contributed by atoms with Gasteiger partial charge in [-0.3, -0.25) is 4.79 Å². The molecule has 0 saturated heterocycles. The van der Waals surface area contributed by atoms with Crippen LogP contribution in [-0.4, -0.2) is 15.9 Å². The van der Waals surface area contributed by atoms with E-state index in [1.54, 1.807) is 12.1 Å². The SMILES string of the molecule is CC/C=C\C/C=C\C/C=C\CCCCCCCCCCC(=O)c1ccc(CO)[nH]1. The summed E-state index contributed by atoms with van der Waals surface area (Å²) in [7, 11) is 0. The number of allylic oxidation sites excluding steroid dienone is 6. The maximum absolute atomic E-state index is 12.0. The van der Waals surface area contributed by atoms with E-state index in [-0.39, 0.29) is 12.4 Å². The first-order valence-corrected chi connectivity index (χ1v) is 11.5. The van der Waals surface area contributed by atoms with Gasteiger partial charge in [0.2, 0.25) is 0 Å². The van der Waals surface area contributed by atoms with Crippen molar-refractivity contribution in [2.24, 2.45) is 0 Å². The van der Waals surface area contributed by atoms with Crippen LogP contribution < -0.4 is 0 Å². The molecule has 0 atom stereocenters. The minimum absolute atomic E-state index is 0.0435. The number of aromatic amines is 1. The number of aromatic nitrogens is 1. The fourth-order valence-corrected chi connectivity index (χ4v) is 3.26. The third-order valence-corrected chi connectivity index (χ3v) is 5.02. The molecule has 0 unspecified atom stereocenters. The summed E-state index contributed by atoms with van der Waals surface area (Å²) in [5.74, 6) is 0.154. The zero-order valence-corrected chi connectivity index (χ0v) is 18.4. The lowest BCUT2D eigenvalue weighted by Crippen LogP contribution is -1.99. The van der Waals surface area contributed by atoms with Crippen molar-refractivity contribution in [3.8, 4) is 0 Å². The lowest BCUT2D eigenvalue weighted by molar-refractivity contribution is 0.0974. The number of ketones is 1. The number of unbranched alkanes of at least 4 members (excludes halogenated alkanes) is 8. The molecule has 0 aliphatic carbocycles. The predicted octanol–water partition coefficient (Wildman–Crippen LogP) is 7.45. The summed E-state index contributed by atoms with van der Waals surface area (Å²) in [5.41, 5.74) is 1.33. The number of aliphatic hydroxyl groups excluding tert-OH is 1. The summed E-state index contributed by atoms with van der Waals surface area (Å²) < 4.78 is 0. The Morgan fingerprint density at radius 2 is 1.41 bits per heavy atom. The highest BCUT2D eigenvalue weighted by Crippen LogP contribution is 2.13. The maximum Gasteiger partial charge on any atom is 0.179 e. The van der Waals surface area contributed by atoms with Crippen molar-refractivity contribution in [3.63, 3.8) is 0 Å². The number of H-pyrrole nitrogens is 1. The summed E-state index contributed by atoms with van der Waals surface area (Å²) in [6.07, 6.45) is 28.3. The van der Waals surface area contributed by atoms with Gasteiger partial charge in [-0.05, 0) is 50.7 Å². The molecule has 0 amide bonds. The minimum atomic E-state index is -0.0435. The lowest BCUT2D eigenvalue weighted by Gasteiger charge is -2.02. The Balaban J connectivity index is 1.85. The highest BCUT2D eigenvalue weighted by Gasteiger charge is 2.07. The lowest BCUT2D eigenvalue weighted by atomic mass is 10.0. The van der Waals surface area contributed by atoms with Gasteiger partial charge in [-0.1, -0.05) is 81.9 Å². The number of nitrogens with one attached hydrogen (secondary N) is 1. The summed E-state index contributed by atoms with van der Waals surface area (Å²) in [5, 5.41) is 9.02. The van der Waals surface area contributed by atoms with Crippen LogP contribution in [0.5, 0.6) is 0 Å². The Hall–Kier alpha value is -1.87. The van der Waals surface area contributed by atoms with Gasteiger partial charge in [0.05, 0.1) is 12.3 Å². The van der Waals surface area contributed by atoms with Crippen LogP contribution in [0, 0.1) is 0 Å². The second kappa shape index (κ2) is 18.2. The smallest absolute Gasteiger partial charge is 0.179 e. The van der Waals surface area contributed by atoms with E-state index in [0.717, 1.165) is 32.1 Å². The van der Waals surface area contributed by atoms with Gasteiger partial charge in [-0.2, -0.15) is 0 Å². The number of aliphatic hydroxyl groups is 1. The standard InChI is InChI=1S/C26H41NO2/c1-2-3-4-5-6-7-8-9-10-11-12-13-14-15-16-17-18-19-20-26(29)25-22-21-24(23-28)27-25/h3-4,6-7,9-10,21-22,27-28H,2,5,8,11-20,23H2,1H3/b4-3-,7-6-,10-9-. The Morgan fingerprint density at radius 3 is 2.03 bits per heavy atom. The van der Waals surface area contributed by atoms with E-state index in [1.807, 2.05) is 0 Å². The van der Waals surface area contributed by atoms with Crippen molar-refractivity contribution < 1.29 is 9.90 Å². The molecule has 0 aromatic carbocycles. The molecular weight excluding hydrogens is 358 g/mol. The molecule has 0 aliphatic rings. The minimum Gasteiger partial charge on any atom is -0.390 e. The molecule has 162 valence electrons. The van der Waals surface area contributed by atoms with Crippen molar-refractivity contribution in [2.75, 3.05) is 0 Å². The molecule has 1 rings (SSSR count). The van der Waals surface area contributed by atoms with Crippen LogP contribution >= 0.6 is 0 Å². The van der Waals surface area contributed by atoms with Gasteiger partial charge in [0.1, 0.15) is 0 Å². The first kappa shape index (κ1) is 25.2. The number of Topliss-reactive ketones (excluding diaryl/α,β-unsaturated/α-hetero) is 1. The highest BCUT2D eigenvalue weighted by molar-refractivity contribution is 5.94. The van der Waals surface area contributed by atoms with Gasteiger partial charge < -0.3 is 10.1 Å². The second-order valence-electron chi connectivity index (χ2n) is 7.64. The third kappa shape index (κ3) is 13.9. The van der Waals surface area contributed by atoms with E-state index in [2.05, 4.69) is 48.4 Å². The molecule has 29 heavy (non-hydrogen) atoms. The third-order valence-electron chi connectivity index (χ3n) is 5.02. The molecular formula is C26H41NO2. The largest absolute Gasteiger partial charge is 0.390 e. The van der Waals surface area contributed by atoms with Gasteiger partial charge >= 0.3 is 0 Å². The molecule has 0 spiro atoms. The van der Waals surface area contributed by atoms with Crippen LogP contribution in [0.25, 0.3) is 0 Å². The van der Waals surface area contributed by atoms with E-state index < -0.39 is 0 Å². The number of rotatable bonds is 18. The van der Waals surface area contributed by atoms with Crippen LogP contribution in [0.1, 0.15) is 107 Å². The fraction of sp³-hybridized carbons (Fsp3) is 0.577. The molecule has 1 heterocycles. The maximum atomic E-state index is 12.0. The van der Waals surface area contributed by atoms with E-state index in [1.165, 1.54) is 44.9 Å². The van der Waals surface area contributed by atoms with Crippen LogP contribution in [0.3, 0.4) is 0 Å². The summed E-state index contributed by atoms with van der Waals surface area (Å²) in [6.45, 7) is 2.12. The predicted molar refractivity (Wildman–Crippen MR) is 124 cm³/mol. The first-order valence-electron chi connectivity index (χ1n) is 11.5. The zero-order valence-electron chi connectivity index (χ0n) is 18.4. The molecule has 1 aromatic rings. The molecule has 0 bridgehead atoms. The summed E-state index contributed by atoms with van der Waals surface area (Å²) >= 11 is 0. The molecule has 0 radical (unpaired) electrons. The monoisotopic (exact) mass is 399 g/mol. The quantitative estimate of drug-likeness (QED) is 0.153. The molecule has 1 aromatic heterocycles. The number of hydrogen-bond acceptors (Lipinski definition) is 2. The van der Waals surface area contributed by atoms with E-state index in [0.29, 0.717) is 17.8 Å². The normalized spacial score (nSPS) is 12.1. The number of carbonyl (C=O) groups is 1. The number of carbonyl (C=O) groups excluding carboxylic acids is 1. The van der Waals surface area contributed by atoms with Crippen molar-refractivity contribution in [3.05, 3.63) is 60.0 Å². The topological polar surface area (TPSA) is 53.1 Å². The molecule has 2 N–H and O–H groups in total. The molecule has 0 saturated carbocycles. The Kier molecular flexibility index (Phi) is 15.8. The van der Waals surface area contributed by atoms with Gasteiger partial charge in [0, 0.05) is 12.1 Å². The van der Waals surface area contributed by atoms with Gasteiger partial charge in [0.25, 0.3) is 0 Å². The van der Waals surface area contributed by atoms with Crippen LogP contribution in [-0.2, 0) is 6.61 Å². The second-order valence-corrected chi connectivity index (χ2v) is 7.64. The van der Waals surface area contributed by atoms with Crippen molar-refractivity contribution >= 4 is 5.78 Å².